The molecule has 0 bridgehead atoms. The zero-order valence-electron chi connectivity index (χ0n) is 17.2. The minimum atomic E-state index is 0.00742. The monoisotopic (exact) mass is 400 g/mol. The summed E-state index contributed by atoms with van der Waals surface area (Å²) in [5, 5.41) is 0. The molecule has 0 aliphatic carbocycles. The van der Waals surface area contributed by atoms with Crippen LogP contribution in [0.25, 0.3) is 6.08 Å². The molecule has 0 atom stereocenters. The maximum Gasteiger partial charge on any atom is 0.246 e. The Kier molecular flexibility index (Phi) is 7.13. The van der Waals surface area contributed by atoms with Gasteiger partial charge in [0.25, 0.3) is 0 Å². The molecule has 29 heavy (non-hydrogen) atoms. The molecule has 0 spiro atoms. The highest BCUT2D eigenvalue weighted by Crippen LogP contribution is 2.38. The van der Waals surface area contributed by atoms with Gasteiger partial charge in [0.15, 0.2) is 11.5 Å². The topological polar surface area (TPSA) is 69.1 Å². The fraction of sp³-hybridized carbons (Fsp3) is 0.429. The normalized spacial score (nSPS) is 14.9. The summed E-state index contributed by atoms with van der Waals surface area (Å²) in [5.41, 5.74) is 0.812. The Labute approximate surface area is 171 Å². The van der Waals surface area contributed by atoms with Gasteiger partial charge >= 0.3 is 0 Å². The van der Waals surface area contributed by atoms with Crippen LogP contribution in [0.3, 0.4) is 0 Å². The highest BCUT2D eigenvalue weighted by molar-refractivity contribution is 5.92. The van der Waals surface area contributed by atoms with E-state index in [9.17, 15) is 4.79 Å². The average molecular weight is 400 g/mol. The van der Waals surface area contributed by atoms with E-state index in [0.717, 1.165) is 44.8 Å². The molecule has 1 aromatic carbocycles. The predicted molar refractivity (Wildman–Crippen MR) is 110 cm³/mol. The molecule has 0 saturated carbocycles. The van der Waals surface area contributed by atoms with Gasteiger partial charge < -0.3 is 23.7 Å². The van der Waals surface area contributed by atoms with Gasteiger partial charge in [-0.3, -0.25) is 9.69 Å². The molecule has 2 heterocycles. The number of rotatable bonds is 8. The summed E-state index contributed by atoms with van der Waals surface area (Å²) in [5.74, 6) is 1.66. The molecule has 156 valence electrons. The molecule has 0 radical (unpaired) electrons. The molecule has 8 nitrogen and oxygen atoms in total. The summed E-state index contributed by atoms with van der Waals surface area (Å²) < 4.78 is 18.1. The largest absolute Gasteiger partial charge is 0.493 e. The van der Waals surface area contributed by atoms with Gasteiger partial charge in [0.05, 0.1) is 27.7 Å². The third kappa shape index (κ3) is 5.29. The summed E-state index contributed by atoms with van der Waals surface area (Å²) in [7, 11) is 4.71. The first kappa shape index (κ1) is 20.7. The second-order valence-electron chi connectivity index (χ2n) is 6.76. The van der Waals surface area contributed by atoms with Crippen molar-refractivity contribution in [1.29, 1.82) is 0 Å². The van der Waals surface area contributed by atoms with Crippen LogP contribution in [0.4, 0.5) is 0 Å². The van der Waals surface area contributed by atoms with E-state index >= 15 is 0 Å². The van der Waals surface area contributed by atoms with Crippen molar-refractivity contribution in [1.82, 2.24) is 19.4 Å². The molecule has 8 heteroatoms. The Bertz CT molecular complexity index is 802. The van der Waals surface area contributed by atoms with Crippen molar-refractivity contribution < 1.29 is 19.0 Å². The number of aromatic nitrogens is 2. The van der Waals surface area contributed by atoms with Crippen molar-refractivity contribution in [3.8, 4) is 17.2 Å². The zero-order chi connectivity index (χ0) is 20.6. The van der Waals surface area contributed by atoms with Gasteiger partial charge in [0.2, 0.25) is 11.7 Å². The highest BCUT2D eigenvalue weighted by atomic mass is 16.5. The number of hydrogen-bond acceptors (Lipinski definition) is 6. The Balaban J connectivity index is 1.54. The third-order valence-electron chi connectivity index (χ3n) is 5.02. The van der Waals surface area contributed by atoms with Crippen LogP contribution in [0.2, 0.25) is 0 Å². The Morgan fingerprint density at radius 1 is 1.03 bits per heavy atom. The van der Waals surface area contributed by atoms with Gasteiger partial charge in [-0.2, -0.15) is 0 Å². The number of imidazole rings is 1. The third-order valence-corrected chi connectivity index (χ3v) is 5.02. The van der Waals surface area contributed by atoms with Crippen LogP contribution >= 0.6 is 0 Å². The maximum atomic E-state index is 12.6. The molecule has 3 rings (SSSR count). The fourth-order valence-electron chi connectivity index (χ4n) is 3.34. The van der Waals surface area contributed by atoms with E-state index in [2.05, 4.69) is 14.5 Å². The van der Waals surface area contributed by atoms with Crippen molar-refractivity contribution in [3.05, 3.63) is 42.5 Å². The standard InChI is InChI=1S/C21H28N4O4/c1-27-18-14-17(15-19(28-2)21(18)29-3)4-5-20(26)25-12-10-23(11-13-25)8-9-24-7-6-22-16-24/h4-7,14-16H,8-13H2,1-3H3/b5-4+. The van der Waals surface area contributed by atoms with Crippen LogP contribution in [-0.4, -0.2) is 79.3 Å². The SMILES string of the molecule is COc1cc(/C=C/C(=O)N2CCN(CCn3ccnc3)CC2)cc(OC)c1OC. The minimum Gasteiger partial charge on any atom is -0.493 e. The molecule has 2 aromatic rings. The lowest BCUT2D eigenvalue weighted by Crippen LogP contribution is -2.48. The maximum absolute atomic E-state index is 12.6. The second-order valence-corrected chi connectivity index (χ2v) is 6.76. The first-order valence-corrected chi connectivity index (χ1v) is 9.59. The summed E-state index contributed by atoms with van der Waals surface area (Å²) in [6.45, 7) is 5.07. The van der Waals surface area contributed by atoms with Crippen molar-refractivity contribution in [2.24, 2.45) is 0 Å². The highest BCUT2D eigenvalue weighted by Gasteiger charge is 2.19. The number of amides is 1. The van der Waals surface area contributed by atoms with Crippen LogP contribution in [0.5, 0.6) is 17.2 Å². The van der Waals surface area contributed by atoms with Crippen molar-refractivity contribution in [2.45, 2.75) is 6.54 Å². The fourth-order valence-corrected chi connectivity index (χ4v) is 3.34. The summed E-state index contributed by atoms with van der Waals surface area (Å²) >= 11 is 0. The van der Waals surface area contributed by atoms with Crippen LogP contribution in [0.15, 0.2) is 36.9 Å². The summed E-state index contributed by atoms with van der Waals surface area (Å²) in [4.78, 5) is 20.9. The number of piperazine rings is 1. The lowest BCUT2D eigenvalue weighted by Gasteiger charge is -2.34. The molecule has 1 aliphatic rings. The van der Waals surface area contributed by atoms with Crippen LogP contribution in [-0.2, 0) is 11.3 Å². The number of methoxy groups -OCH3 is 3. The number of benzene rings is 1. The molecular weight excluding hydrogens is 372 g/mol. The van der Waals surface area contributed by atoms with Gasteiger partial charge in [-0.1, -0.05) is 0 Å². The van der Waals surface area contributed by atoms with Crippen molar-refractivity contribution in [3.63, 3.8) is 0 Å². The van der Waals surface area contributed by atoms with E-state index in [-0.39, 0.29) is 5.91 Å². The molecule has 0 unspecified atom stereocenters. The number of carbonyl (C=O) groups excluding carboxylic acids is 1. The second kappa shape index (κ2) is 9.97. The van der Waals surface area contributed by atoms with E-state index < -0.39 is 0 Å². The molecule has 1 saturated heterocycles. The Morgan fingerprint density at radius 3 is 2.28 bits per heavy atom. The first-order chi connectivity index (χ1) is 14.1. The van der Waals surface area contributed by atoms with Gasteiger partial charge in [-0.15, -0.1) is 0 Å². The van der Waals surface area contributed by atoms with Crippen LogP contribution < -0.4 is 14.2 Å². The van der Waals surface area contributed by atoms with Gasteiger partial charge in [0, 0.05) is 57.7 Å². The Morgan fingerprint density at radius 2 is 1.72 bits per heavy atom. The smallest absolute Gasteiger partial charge is 0.246 e. The lowest BCUT2D eigenvalue weighted by molar-refractivity contribution is -0.127. The average Bonchev–Trinajstić information content (AvgIpc) is 3.29. The molecule has 1 aliphatic heterocycles. The van der Waals surface area contributed by atoms with Gasteiger partial charge in [-0.25, -0.2) is 4.98 Å². The molecule has 1 fully saturated rings. The lowest BCUT2D eigenvalue weighted by atomic mass is 10.1. The minimum absolute atomic E-state index is 0.00742. The van der Waals surface area contributed by atoms with Gasteiger partial charge in [-0.05, 0) is 23.8 Å². The number of ether oxygens (including phenoxy) is 3. The van der Waals surface area contributed by atoms with E-state index in [1.165, 1.54) is 0 Å². The number of nitrogens with zero attached hydrogens (tertiary/aromatic N) is 4. The predicted octanol–water partition coefficient (Wildman–Crippen LogP) is 1.77. The van der Waals surface area contributed by atoms with Gasteiger partial charge in [0.1, 0.15) is 0 Å². The van der Waals surface area contributed by atoms with Crippen molar-refractivity contribution >= 4 is 12.0 Å². The van der Waals surface area contributed by atoms with Crippen molar-refractivity contribution in [2.75, 3.05) is 54.1 Å². The molecule has 1 amide bonds. The summed E-state index contributed by atoms with van der Waals surface area (Å²) in [6, 6.07) is 3.64. The summed E-state index contributed by atoms with van der Waals surface area (Å²) in [6.07, 6.45) is 8.96. The van der Waals surface area contributed by atoms with E-state index in [0.29, 0.717) is 17.2 Å². The van der Waals surface area contributed by atoms with E-state index in [4.69, 9.17) is 14.2 Å². The van der Waals surface area contributed by atoms with Crippen LogP contribution in [0.1, 0.15) is 5.56 Å². The van der Waals surface area contributed by atoms with E-state index in [1.807, 2.05) is 29.6 Å². The molecule has 0 N–H and O–H groups in total. The van der Waals surface area contributed by atoms with E-state index in [1.54, 1.807) is 39.7 Å². The molecular formula is C21H28N4O4. The van der Waals surface area contributed by atoms with Crippen LogP contribution in [0, 0.1) is 0 Å². The quantitative estimate of drug-likeness (QED) is 0.629. The number of hydrogen-bond donors (Lipinski definition) is 0. The first-order valence-electron chi connectivity index (χ1n) is 9.59. The zero-order valence-corrected chi connectivity index (χ0v) is 17.2. The Hall–Kier alpha value is -3.00. The molecule has 1 aromatic heterocycles. The number of carbonyl (C=O) groups is 1.